The molecule has 3 aromatic heterocycles. The number of aromatic nitrogens is 3. The van der Waals surface area contributed by atoms with E-state index in [9.17, 15) is 9.59 Å². The van der Waals surface area contributed by atoms with Gasteiger partial charge in [0, 0.05) is 41.8 Å². The predicted octanol–water partition coefficient (Wildman–Crippen LogP) is 5.33. The number of fused-ring (bicyclic) bond motifs is 3. The number of hydrogen-bond acceptors (Lipinski definition) is 5. The lowest BCUT2D eigenvalue weighted by molar-refractivity contribution is 0.0990. The van der Waals surface area contributed by atoms with E-state index in [1.54, 1.807) is 30.6 Å². The summed E-state index contributed by atoms with van der Waals surface area (Å²) in [5, 5.41) is 1.88. The molecule has 3 heterocycles. The van der Waals surface area contributed by atoms with Gasteiger partial charge in [-0.05, 0) is 48.0 Å². The SMILES string of the molecule is CCn1c(C=C2C(=O)c3cc4ccccc4cc3C2=O)cc2oc(-c3cccnc3)nc21. The highest BCUT2D eigenvalue weighted by Crippen LogP contribution is 2.33. The van der Waals surface area contributed by atoms with Gasteiger partial charge in [-0.1, -0.05) is 24.3 Å². The molecule has 6 nitrogen and oxygen atoms in total. The molecule has 0 saturated heterocycles. The van der Waals surface area contributed by atoms with Crippen LogP contribution in [0.5, 0.6) is 0 Å². The summed E-state index contributed by atoms with van der Waals surface area (Å²) in [7, 11) is 0. The molecule has 6 rings (SSSR count). The van der Waals surface area contributed by atoms with Gasteiger partial charge >= 0.3 is 0 Å². The number of aryl methyl sites for hydroxylation is 1. The van der Waals surface area contributed by atoms with Gasteiger partial charge in [0.1, 0.15) is 0 Å². The van der Waals surface area contributed by atoms with E-state index in [4.69, 9.17) is 4.42 Å². The van der Waals surface area contributed by atoms with Gasteiger partial charge in [-0.15, -0.1) is 0 Å². The van der Waals surface area contributed by atoms with Crippen molar-refractivity contribution in [2.45, 2.75) is 13.5 Å². The molecule has 0 unspecified atom stereocenters. The van der Waals surface area contributed by atoms with E-state index in [2.05, 4.69) is 9.97 Å². The summed E-state index contributed by atoms with van der Waals surface area (Å²) in [4.78, 5) is 34.9. The van der Waals surface area contributed by atoms with Gasteiger partial charge in [0.15, 0.2) is 22.8 Å². The topological polar surface area (TPSA) is 78.0 Å². The van der Waals surface area contributed by atoms with Crippen molar-refractivity contribution >= 4 is 39.6 Å². The molecule has 32 heavy (non-hydrogen) atoms. The van der Waals surface area contributed by atoms with Gasteiger partial charge in [0.05, 0.1) is 11.1 Å². The number of Topliss-reactive ketones (excluding diaryl/α,β-unsaturated/α-hetero) is 2. The number of oxazole rings is 1. The number of ketones is 2. The lowest BCUT2D eigenvalue weighted by Gasteiger charge is -2.03. The molecule has 0 fully saturated rings. The number of hydrogen-bond donors (Lipinski definition) is 0. The number of nitrogens with zero attached hydrogens (tertiary/aromatic N) is 3. The summed E-state index contributed by atoms with van der Waals surface area (Å²) in [6.45, 7) is 2.60. The molecular weight excluding hydrogens is 402 g/mol. The standard InChI is InChI=1S/C26H17N3O3/c1-2-29-18(13-22-25(29)28-26(32-22)17-8-5-9-27-14-17)12-21-23(30)19-10-15-6-3-4-7-16(15)11-20(19)24(21)31/h3-14H,2H2,1H3. The van der Waals surface area contributed by atoms with Crippen LogP contribution in [-0.2, 0) is 6.54 Å². The summed E-state index contributed by atoms with van der Waals surface area (Å²) in [6.07, 6.45) is 5.04. The second-order valence-corrected chi connectivity index (χ2v) is 7.72. The molecule has 1 aliphatic rings. The summed E-state index contributed by atoms with van der Waals surface area (Å²) in [5.41, 5.74) is 3.83. The van der Waals surface area contributed by atoms with E-state index in [-0.39, 0.29) is 17.1 Å². The minimum absolute atomic E-state index is 0.164. The maximum absolute atomic E-state index is 13.1. The van der Waals surface area contributed by atoms with Crippen LogP contribution >= 0.6 is 0 Å². The van der Waals surface area contributed by atoms with Crippen LogP contribution in [0.1, 0.15) is 33.3 Å². The Morgan fingerprint density at radius 1 is 0.969 bits per heavy atom. The molecule has 0 aliphatic heterocycles. The maximum atomic E-state index is 13.1. The molecule has 0 spiro atoms. The van der Waals surface area contributed by atoms with Crippen LogP contribution in [0, 0.1) is 0 Å². The van der Waals surface area contributed by atoms with Crippen molar-refractivity contribution in [3.05, 3.63) is 89.4 Å². The highest BCUT2D eigenvalue weighted by molar-refractivity contribution is 6.42. The number of carbonyl (C=O) groups excluding carboxylic acids is 2. The Balaban J connectivity index is 1.45. The van der Waals surface area contributed by atoms with Crippen LogP contribution in [0.15, 0.2) is 77.0 Å². The fourth-order valence-corrected chi connectivity index (χ4v) is 4.30. The number of allylic oxidation sites excluding steroid dienone is 1. The monoisotopic (exact) mass is 419 g/mol. The first-order valence-corrected chi connectivity index (χ1v) is 10.4. The summed E-state index contributed by atoms with van der Waals surface area (Å²) in [5.74, 6) is -0.0166. The van der Waals surface area contributed by atoms with E-state index in [1.165, 1.54) is 0 Å². The molecule has 0 bridgehead atoms. The molecule has 2 aromatic carbocycles. The minimum atomic E-state index is -0.250. The van der Waals surface area contributed by atoms with Crippen molar-refractivity contribution < 1.29 is 14.0 Å². The second-order valence-electron chi connectivity index (χ2n) is 7.72. The Morgan fingerprint density at radius 3 is 2.31 bits per heavy atom. The third-order valence-corrected chi connectivity index (χ3v) is 5.86. The van der Waals surface area contributed by atoms with Crippen molar-refractivity contribution in [1.82, 2.24) is 14.5 Å². The summed E-state index contributed by atoms with van der Waals surface area (Å²) in [6, 6.07) is 16.9. The quantitative estimate of drug-likeness (QED) is 0.292. The van der Waals surface area contributed by atoms with Crippen LogP contribution in [0.4, 0.5) is 0 Å². The predicted molar refractivity (Wildman–Crippen MR) is 121 cm³/mol. The minimum Gasteiger partial charge on any atom is -0.434 e. The van der Waals surface area contributed by atoms with E-state index in [0.29, 0.717) is 40.5 Å². The summed E-state index contributed by atoms with van der Waals surface area (Å²) >= 11 is 0. The summed E-state index contributed by atoms with van der Waals surface area (Å²) < 4.78 is 7.87. The highest BCUT2D eigenvalue weighted by Gasteiger charge is 2.34. The Labute approximate surface area is 182 Å². The fraction of sp³-hybridized carbons (Fsp3) is 0.0769. The zero-order valence-corrected chi connectivity index (χ0v) is 17.2. The molecule has 154 valence electrons. The van der Waals surface area contributed by atoms with Crippen LogP contribution < -0.4 is 0 Å². The van der Waals surface area contributed by atoms with Crippen molar-refractivity contribution in [3.63, 3.8) is 0 Å². The number of benzene rings is 2. The van der Waals surface area contributed by atoms with Crippen LogP contribution in [0.2, 0.25) is 0 Å². The zero-order chi connectivity index (χ0) is 21.8. The van der Waals surface area contributed by atoms with Gasteiger partial charge in [0.2, 0.25) is 5.89 Å². The van der Waals surface area contributed by atoms with Gasteiger partial charge in [-0.2, -0.15) is 4.98 Å². The third kappa shape index (κ3) is 2.66. The van der Waals surface area contributed by atoms with Crippen LogP contribution in [0.25, 0.3) is 39.5 Å². The molecule has 0 atom stereocenters. The molecule has 5 aromatic rings. The molecule has 0 amide bonds. The first-order chi connectivity index (χ1) is 15.6. The third-order valence-electron chi connectivity index (χ3n) is 5.86. The largest absolute Gasteiger partial charge is 0.434 e. The highest BCUT2D eigenvalue weighted by atomic mass is 16.3. The molecule has 0 N–H and O–H groups in total. The normalized spacial score (nSPS) is 13.3. The molecule has 0 radical (unpaired) electrons. The molecule has 0 saturated carbocycles. The number of pyridine rings is 1. The zero-order valence-electron chi connectivity index (χ0n) is 17.2. The number of carbonyl (C=O) groups is 2. The second kappa shape index (κ2) is 6.85. The molecular formula is C26H17N3O3. The van der Waals surface area contributed by atoms with Crippen molar-refractivity contribution in [1.29, 1.82) is 0 Å². The Bertz CT molecular complexity index is 1530. The van der Waals surface area contributed by atoms with Crippen molar-refractivity contribution in [2.24, 2.45) is 0 Å². The van der Waals surface area contributed by atoms with E-state index < -0.39 is 0 Å². The maximum Gasteiger partial charge on any atom is 0.230 e. The first kappa shape index (κ1) is 18.4. The first-order valence-electron chi connectivity index (χ1n) is 10.4. The smallest absolute Gasteiger partial charge is 0.230 e. The fourth-order valence-electron chi connectivity index (χ4n) is 4.30. The van der Waals surface area contributed by atoms with Gasteiger partial charge < -0.3 is 8.98 Å². The number of rotatable bonds is 3. The Kier molecular flexibility index (Phi) is 3.95. The van der Waals surface area contributed by atoms with E-state index >= 15 is 0 Å². The molecule has 6 heteroatoms. The van der Waals surface area contributed by atoms with Crippen molar-refractivity contribution in [3.8, 4) is 11.5 Å². The van der Waals surface area contributed by atoms with Crippen LogP contribution in [-0.4, -0.2) is 26.1 Å². The Morgan fingerprint density at radius 2 is 1.69 bits per heavy atom. The van der Waals surface area contributed by atoms with Gasteiger partial charge in [0.25, 0.3) is 0 Å². The average molecular weight is 419 g/mol. The van der Waals surface area contributed by atoms with Gasteiger partial charge in [-0.25, -0.2) is 0 Å². The molecule has 1 aliphatic carbocycles. The Hall–Kier alpha value is -4.32. The lowest BCUT2D eigenvalue weighted by atomic mass is 10.0. The van der Waals surface area contributed by atoms with E-state index in [0.717, 1.165) is 16.3 Å². The lowest BCUT2D eigenvalue weighted by Crippen LogP contribution is -2.03. The van der Waals surface area contributed by atoms with Crippen molar-refractivity contribution in [2.75, 3.05) is 0 Å². The van der Waals surface area contributed by atoms with Gasteiger partial charge in [-0.3, -0.25) is 14.6 Å². The average Bonchev–Trinajstić information content (AvgIpc) is 3.45. The van der Waals surface area contributed by atoms with Crippen LogP contribution in [0.3, 0.4) is 0 Å². The van der Waals surface area contributed by atoms with E-state index in [1.807, 2.05) is 54.0 Å².